The molecule has 0 aliphatic carbocycles. The predicted molar refractivity (Wildman–Crippen MR) is 112 cm³/mol. The molecule has 29 heavy (non-hydrogen) atoms. The Morgan fingerprint density at radius 1 is 1.03 bits per heavy atom. The van der Waals surface area contributed by atoms with Crippen LogP contribution in [0.2, 0.25) is 0 Å². The summed E-state index contributed by atoms with van der Waals surface area (Å²) in [5, 5.41) is 11.6. The zero-order chi connectivity index (χ0) is 20.2. The van der Waals surface area contributed by atoms with Crippen molar-refractivity contribution in [2.24, 2.45) is 5.92 Å². The van der Waals surface area contributed by atoms with Gasteiger partial charge in [-0.15, -0.1) is 10.2 Å². The molecule has 4 rings (SSSR count). The van der Waals surface area contributed by atoms with E-state index in [0.29, 0.717) is 12.2 Å². The first-order chi connectivity index (χ1) is 14.1. The van der Waals surface area contributed by atoms with Crippen molar-refractivity contribution >= 4 is 17.4 Å². The highest BCUT2D eigenvalue weighted by atomic mass is 19.1. The molecule has 0 unspecified atom stereocenters. The average Bonchev–Trinajstić information content (AvgIpc) is 2.76. The molecule has 6 heteroatoms. The van der Waals surface area contributed by atoms with Crippen molar-refractivity contribution in [3.8, 4) is 11.3 Å². The van der Waals surface area contributed by atoms with Crippen LogP contribution in [0, 0.1) is 18.7 Å². The number of amides is 1. The second-order valence-corrected chi connectivity index (χ2v) is 7.42. The first kappa shape index (κ1) is 19.1. The number of halogens is 1. The molecule has 0 saturated carbocycles. The topological polar surface area (TPSA) is 58.1 Å². The summed E-state index contributed by atoms with van der Waals surface area (Å²) in [6.07, 6.45) is 1.78. The molecule has 0 spiro atoms. The van der Waals surface area contributed by atoms with E-state index < -0.39 is 0 Å². The van der Waals surface area contributed by atoms with E-state index in [9.17, 15) is 9.18 Å². The number of aryl methyl sites for hydroxylation is 1. The van der Waals surface area contributed by atoms with E-state index >= 15 is 0 Å². The Morgan fingerprint density at radius 3 is 2.48 bits per heavy atom. The molecule has 1 N–H and O–H groups in total. The van der Waals surface area contributed by atoms with Gasteiger partial charge in [-0.3, -0.25) is 4.79 Å². The maximum absolute atomic E-state index is 13.1. The van der Waals surface area contributed by atoms with Gasteiger partial charge in [0.15, 0.2) is 5.82 Å². The fourth-order valence-electron chi connectivity index (χ4n) is 3.55. The van der Waals surface area contributed by atoms with Crippen molar-refractivity contribution in [2.45, 2.75) is 19.8 Å². The summed E-state index contributed by atoms with van der Waals surface area (Å²) in [6, 6.07) is 17.8. The fraction of sp³-hybridized carbons (Fsp3) is 0.261. The molecule has 1 aromatic heterocycles. The highest BCUT2D eigenvalue weighted by Gasteiger charge is 2.26. The summed E-state index contributed by atoms with van der Waals surface area (Å²) in [4.78, 5) is 14.8. The molecule has 1 aliphatic rings. The van der Waals surface area contributed by atoms with Gasteiger partial charge in [-0.05, 0) is 68.3 Å². The molecule has 1 saturated heterocycles. The maximum Gasteiger partial charge on any atom is 0.229 e. The minimum atomic E-state index is -0.276. The summed E-state index contributed by atoms with van der Waals surface area (Å²) in [6.45, 7) is 3.48. The lowest BCUT2D eigenvalue weighted by atomic mass is 9.97. The zero-order valence-corrected chi connectivity index (χ0v) is 16.3. The van der Waals surface area contributed by atoms with Gasteiger partial charge in [0.25, 0.3) is 0 Å². The molecule has 1 aliphatic heterocycles. The Hall–Kier alpha value is -3.28. The molecule has 1 atom stereocenters. The van der Waals surface area contributed by atoms with Gasteiger partial charge >= 0.3 is 0 Å². The Morgan fingerprint density at radius 2 is 1.79 bits per heavy atom. The maximum atomic E-state index is 13.1. The van der Waals surface area contributed by atoms with Gasteiger partial charge in [-0.25, -0.2) is 4.39 Å². The van der Waals surface area contributed by atoms with Crippen LogP contribution in [0.4, 0.5) is 15.9 Å². The molecule has 0 bridgehead atoms. The van der Waals surface area contributed by atoms with Gasteiger partial charge in [0.1, 0.15) is 5.82 Å². The highest BCUT2D eigenvalue weighted by Crippen LogP contribution is 2.24. The van der Waals surface area contributed by atoms with Crippen LogP contribution in [0.5, 0.6) is 0 Å². The third kappa shape index (κ3) is 4.59. The van der Waals surface area contributed by atoms with Crippen LogP contribution in [0.1, 0.15) is 18.4 Å². The van der Waals surface area contributed by atoms with Crippen LogP contribution < -0.4 is 10.2 Å². The van der Waals surface area contributed by atoms with Crippen LogP contribution in [0.3, 0.4) is 0 Å². The first-order valence-corrected chi connectivity index (χ1v) is 9.80. The molecule has 2 heterocycles. The van der Waals surface area contributed by atoms with Gasteiger partial charge in [0.2, 0.25) is 5.91 Å². The Labute approximate surface area is 169 Å². The lowest BCUT2D eigenvalue weighted by Crippen LogP contribution is -2.41. The van der Waals surface area contributed by atoms with Crippen molar-refractivity contribution < 1.29 is 9.18 Å². The van der Waals surface area contributed by atoms with Crippen LogP contribution in [-0.4, -0.2) is 29.2 Å². The average molecular weight is 390 g/mol. The summed E-state index contributed by atoms with van der Waals surface area (Å²) >= 11 is 0. The van der Waals surface area contributed by atoms with E-state index in [1.165, 1.54) is 12.1 Å². The number of nitrogens with one attached hydrogen (secondary N) is 1. The summed E-state index contributed by atoms with van der Waals surface area (Å²) < 4.78 is 13.1. The van der Waals surface area contributed by atoms with E-state index in [1.54, 1.807) is 12.1 Å². The van der Waals surface area contributed by atoms with E-state index in [4.69, 9.17) is 0 Å². The molecular formula is C23H23FN4O. The number of carbonyl (C=O) groups excluding carboxylic acids is 1. The van der Waals surface area contributed by atoms with Gasteiger partial charge in [-0.1, -0.05) is 17.7 Å². The third-order valence-corrected chi connectivity index (χ3v) is 5.23. The second-order valence-electron chi connectivity index (χ2n) is 7.42. The van der Waals surface area contributed by atoms with E-state index in [2.05, 4.69) is 20.4 Å². The Balaban J connectivity index is 1.41. The fourth-order valence-corrected chi connectivity index (χ4v) is 3.55. The minimum absolute atomic E-state index is 0.0365. The highest BCUT2D eigenvalue weighted by molar-refractivity contribution is 5.93. The SMILES string of the molecule is Cc1ccc(NC(=O)[C@@H]2CCCN(c3ccc(-c4ccc(F)cc4)nn3)C2)cc1. The molecular weight excluding hydrogens is 367 g/mol. The molecule has 1 fully saturated rings. The summed E-state index contributed by atoms with van der Waals surface area (Å²) in [5.74, 6) is 0.420. The standard InChI is InChI=1S/C23H23FN4O/c1-16-4-10-20(11-5-16)25-23(29)18-3-2-14-28(15-18)22-13-12-21(26-27-22)17-6-8-19(24)9-7-17/h4-13,18H,2-3,14-15H2,1H3,(H,25,29)/t18-/m1/s1. The number of hydrogen-bond donors (Lipinski definition) is 1. The van der Waals surface area contributed by atoms with Crippen LogP contribution in [0.15, 0.2) is 60.7 Å². The molecule has 1 amide bonds. The third-order valence-electron chi connectivity index (χ3n) is 5.23. The van der Waals surface area contributed by atoms with Crippen molar-refractivity contribution in [1.82, 2.24) is 10.2 Å². The number of rotatable bonds is 4. The lowest BCUT2D eigenvalue weighted by Gasteiger charge is -2.32. The normalized spacial score (nSPS) is 16.5. The van der Waals surface area contributed by atoms with Crippen molar-refractivity contribution in [3.63, 3.8) is 0 Å². The molecule has 148 valence electrons. The number of aromatic nitrogens is 2. The predicted octanol–water partition coefficient (Wildman–Crippen LogP) is 4.45. The van der Waals surface area contributed by atoms with Gasteiger partial charge in [-0.2, -0.15) is 0 Å². The van der Waals surface area contributed by atoms with E-state index in [0.717, 1.165) is 42.0 Å². The Bertz CT molecular complexity index is 971. The van der Waals surface area contributed by atoms with E-state index in [-0.39, 0.29) is 17.6 Å². The van der Waals surface area contributed by atoms with Crippen LogP contribution in [0.25, 0.3) is 11.3 Å². The first-order valence-electron chi connectivity index (χ1n) is 9.80. The summed E-state index contributed by atoms with van der Waals surface area (Å²) in [5.41, 5.74) is 3.49. The van der Waals surface area contributed by atoms with Crippen LogP contribution >= 0.6 is 0 Å². The van der Waals surface area contributed by atoms with E-state index in [1.807, 2.05) is 43.3 Å². The quantitative estimate of drug-likeness (QED) is 0.715. The second kappa shape index (κ2) is 8.39. The molecule has 0 radical (unpaired) electrons. The van der Waals surface area contributed by atoms with Gasteiger partial charge in [0, 0.05) is 24.3 Å². The molecule has 3 aromatic rings. The number of anilines is 2. The number of piperidine rings is 1. The van der Waals surface area contributed by atoms with Crippen molar-refractivity contribution in [3.05, 3.63) is 72.0 Å². The summed E-state index contributed by atoms with van der Waals surface area (Å²) in [7, 11) is 0. The minimum Gasteiger partial charge on any atom is -0.354 e. The molecule has 5 nitrogen and oxygen atoms in total. The van der Waals surface area contributed by atoms with Gasteiger partial charge < -0.3 is 10.2 Å². The zero-order valence-electron chi connectivity index (χ0n) is 16.3. The largest absolute Gasteiger partial charge is 0.354 e. The number of carbonyl (C=O) groups is 1. The monoisotopic (exact) mass is 390 g/mol. The Kier molecular flexibility index (Phi) is 5.51. The van der Waals surface area contributed by atoms with Crippen molar-refractivity contribution in [2.75, 3.05) is 23.3 Å². The number of hydrogen-bond acceptors (Lipinski definition) is 4. The number of nitrogens with zero attached hydrogens (tertiary/aromatic N) is 3. The van der Waals surface area contributed by atoms with Crippen molar-refractivity contribution in [1.29, 1.82) is 0 Å². The number of benzene rings is 2. The smallest absolute Gasteiger partial charge is 0.229 e. The van der Waals surface area contributed by atoms with Gasteiger partial charge in [0.05, 0.1) is 11.6 Å². The lowest BCUT2D eigenvalue weighted by molar-refractivity contribution is -0.120. The molecule has 2 aromatic carbocycles. The van der Waals surface area contributed by atoms with Crippen LogP contribution in [-0.2, 0) is 4.79 Å².